The standard InChI is InChI=1S/C24H25ClN6O2.ClH/c1-17-20(16-27-31(17)23-5-3-2-4-21(23)25)24(33)28-19-6-7-22(18(14-19)15-26)30-10-8-29(9-11-30)12-13-32;/h2-7,14,16,32H,8-13H2,1H3,(H,28,33);1H. The Morgan fingerprint density at radius 1 is 1.18 bits per heavy atom. The van der Waals surface area contributed by atoms with E-state index in [2.05, 4.69) is 26.3 Å². The summed E-state index contributed by atoms with van der Waals surface area (Å²) >= 11 is 6.28. The van der Waals surface area contributed by atoms with Gasteiger partial charge in [0.25, 0.3) is 5.91 Å². The molecule has 2 heterocycles. The summed E-state index contributed by atoms with van der Waals surface area (Å²) in [6, 6.07) is 14.9. The van der Waals surface area contributed by atoms with Gasteiger partial charge in [0, 0.05) is 38.4 Å². The Kier molecular flexibility index (Phi) is 8.53. The number of hydrogen-bond acceptors (Lipinski definition) is 6. The Balaban J connectivity index is 0.00000324. The van der Waals surface area contributed by atoms with Gasteiger partial charge in [-0.1, -0.05) is 23.7 Å². The average molecular weight is 501 g/mol. The van der Waals surface area contributed by atoms with E-state index in [1.54, 1.807) is 16.8 Å². The number of para-hydroxylation sites is 1. The summed E-state index contributed by atoms with van der Waals surface area (Å²) in [6.07, 6.45) is 1.51. The summed E-state index contributed by atoms with van der Waals surface area (Å²) in [7, 11) is 0. The lowest BCUT2D eigenvalue weighted by Gasteiger charge is -2.36. The number of carbonyl (C=O) groups is 1. The van der Waals surface area contributed by atoms with Crippen molar-refractivity contribution in [3.05, 3.63) is 70.5 Å². The maximum absolute atomic E-state index is 12.9. The van der Waals surface area contributed by atoms with Crippen molar-refractivity contribution in [2.24, 2.45) is 0 Å². The van der Waals surface area contributed by atoms with E-state index < -0.39 is 0 Å². The first-order chi connectivity index (χ1) is 16.0. The van der Waals surface area contributed by atoms with Crippen molar-refractivity contribution in [3.63, 3.8) is 0 Å². The summed E-state index contributed by atoms with van der Waals surface area (Å²) in [5.74, 6) is -0.305. The topological polar surface area (TPSA) is 97.4 Å². The zero-order valence-corrected chi connectivity index (χ0v) is 20.3. The number of carbonyl (C=O) groups excluding carboxylic acids is 1. The summed E-state index contributed by atoms with van der Waals surface area (Å²) < 4.78 is 1.64. The van der Waals surface area contributed by atoms with Crippen molar-refractivity contribution >= 4 is 41.3 Å². The number of β-amino-alcohol motifs (C(OH)–C–C–N with tert-alkyl or cyclic N) is 1. The lowest BCUT2D eigenvalue weighted by Crippen LogP contribution is -2.47. The molecule has 1 aliphatic rings. The van der Waals surface area contributed by atoms with Crippen molar-refractivity contribution < 1.29 is 9.90 Å². The highest BCUT2D eigenvalue weighted by Gasteiger charge is 2.20. The molecule has 1 saturated heterocycles. The number of amides is 1. The minimum atomic E-state index is -0.305. The van der Waals surface area contributed by atoms with Gasteiger partial charge in [-0.05, 0) is 37.3 Å². The highest BCUT2D eigenvalue weighted by atomic mass is 35.5. The average Bonchev–Trinajstić information content (AvgIpc) is 3.21. The smallest absolute Gasteiger partial charge is 0.259 e. The van der Waals surface area contributed by atoms with Crippen molar-refractivity contribution in [2.75, 3.05) is 49.5 Å². The molecule has 0 radical (unpaired) electrons. The van der Waals surface area contributed by atoms with Crippen LogP contribution >= 0.6 is 24.0 Å². The Morgan fingerprint density at radius 2 is 1.91 bits per heavy atom. The molecule has 0 saturated carbocycles. The van der Waals surface area contributed by atoms with E-state index in [9.17, 15) is 10.1 Å². The third-order valence-corrected chi connectivity index (χ3v) is 6.16. The van der Waals surface area contributed by atoms with Crippen molar-refractivity contribution in [1.82, 2.24) is 14.7 Å². The number of hydrogen-bond donors (Lipinski definition) is 2. The Morgan fingerprint density at radius 3 is 2.59 bits per heavy atom. The molecule has 10 heteroatoms. The zero-order valence-electron chi connectivity index (χ0n) is 18.7. The molecule has 0 bridgehead atoms. The molecular formula is C24H26Cl2N6O2. The summed E-state index contributed by atoms with van der Waals surface area (Å²) in [5, 5.41) is 26.6. The van der Waals surface area contributed by atoms with Crippen LogP contribution in [-0.4, -0.2) is 65.0 Å². The van der Waals surface area contributed by atoms with E-state index in [-0.39, 0.29) is 24.9 Å². The number of aromatic nitrogens is 2. The first-order valence-electron chi connectivity index (χ1n) is 10.7. The zero-order chi connectivity index (χ0) is 23.4. The normalized spacial score (nSPS) is 13.8. The van der Waals surface area contributed by atoms with Crippen molar-refractivity contribution in [2.45, 2.75) is 6.92 Å². The molecule has 0 spiro atoms. The second-order valence-corrected chi connectivity index (χ2v) is 8.26. The Bertz CT molecular complexity index is 1200. The molecule has 8 nitrogen and oxygen atoms in total. The number of nitrogens with one attached hydrogen (secondary N) is 1. The number of aliphatic hydroxyl groups excluding tert-OH is 1. The summed E-state index contributed by atoms with van der Waals surface area (Å²) in [6.45, 7) is 5.84. The van der Waals surface area contributed by atoms with Crippen LogP contribution in [0.2, 0.25) is 5.02 Å². The quantitative estimate of drug-likeness (QED) is 0.537. The minimum absolute atomic E-state index is 0. The first kappa shape index (κ1) is 25.5. The predicted octanol–water partition coefficient (Wildman–Crippen LogP) is 3.49. The van der Waals surface area contributed by atoms with E-state index in [1.807, 2.05) is 37.3 Å². The number of piperazine rings is 1. The van der Waals surface area contributed by atoms with Crippen molar-refractivity contribution in [3.8, 4) is 11.8 Å². The van der Waals surface area contributed by atoms with Crippen LogP contribution in [0.3, 0.4) is 0 Å². The van der Waals surface area contributed by atoms with E-state index in [0.717, 1.165) is 31.9 Å². The van der Waals surface area contributed by atoms with Gasteiger partial charge in [-0.2, -0.15) is 10.4 Å². The molecule has 1 aromatic heterocycles. The van der Waals surface area contributed by atoms with E-state index in [0.29, 0.717) is 39.8 Å². The molecule has 3 aromatic rings. The van der Waals surface area contributed by atoms with Crippen LogP contribution in [0.25, 0.3) is 5.69 Å². The highest BCUT2D eigenvalue weighted by Crippen LogP contribution is 2.26. The third-order valence-electron chi connectivity index (χ3n) is 5.84. The number of anilines is 2. The summed E-state index contributed by atoms with van der Waals surface area (Å²) in [4.78, 5) is 17.3. The monoisotopic (exact) mass is 500 g/mol. The van der Waals surface area contributed by atoms with Gasteiger partial charge in [0.15, 0.2) is 0 Å². The number of benzene rings is 2. The van der Waals surface area contributed by atoms with Gasteiger partial charge >= 0.3 is 0 Å². The van der Waals surface area contributed by atoms with E-state index in [4.69, 9.17) is 16.7 Å². The van der Waals surface area contributed by atoms with Crippen LogP contribution in [0.5, 0.6) is 0 Å². The molecular weight excluding hydrogens is 475 g/mol. The van der Waals surface area contributed by atoms with Gasteiger partial charge < -0.3 is 15.3 Å². The van der Waals surface area contributed by atoms with Crippen LogP contribution in [0.15, 0.2) is 48.7 Å². The third kappa shape index (κ3) is 5.34. The fraction of sp³-hybridized carbons (Fsp3) is 0.292. The number of aliphatic hydroxyl groups is 1. The van der Waals surface area contributed by atoms with Crippen LogP contribution in [0, 0.1) is 18.3 Å². The lowest BCUT2D eigenvalue weighted by atomic mass is 10.1. The largest absolute Gasteiger partial charge is 0.395 e. The van der Waals surface area contributed by atoms with Gasteiger partial charge in [-0.3, -0.25) is 9.69 Å². The van der Waals surface area contributed by atoms with Gasteiger partial charge in [-0.25, -0.2) is 4.68 Å². The molecule has 0 aliphatic carbocycles. The second kappa shape index (κ2) is 11.4. The maximum Gasteiger partial charge on any atom is 0.259 e. The Hall–Kier alpha value is -3.09. The molecule has 0 unspecified atom stereocenters. The first-order valence-corrected chi connectivity index (χ1v) is 11.1. The van der Waals surface area contributed by atoms with Crippen LogP contribution in [0.4, 0.5) is 11.4 Å². The predicted molar refractivity (Wildman–Crippen MR) is 135 cm³/mol. The molecule has 2 N–H and O–H groups in total. The van der Waals surface area contributed by atoms with Crippen LogP contribution in [0.1, 0.15) is 21.6 Å². The van der Waals surface area contributed by atoms with Crippen LogP contribution in [-0.2, 0) is 0 Å². The fourth-order valence-corrected chi connectivity index (χ4v) is 4.25. The molecule has 0 atom stereocenters. The number of nitrogens with zero attached hydrogens (tertiary/aromatic N) is 5. The molecule has 4 rings (SSSR count). The van der Waals surface area contributed by atoms with Crippen LogP contribution < -0.4 is 10.2 Å². The number of nitriles is 1. The molecule has 34 heavy (non-hydrogen) atoms. The van der Waals surface area contributed by atoms with E-state index in [1.165, 1.54) is 6.20 Å². The molecule has 1 fully saturated rings. The van der Waals surface area contributed by atoms with Gasteiger partial charge in [0.1, 0.15) is 6.07 Å². The Labute approximate surface area is 209 Å². The summed E-state index contributed by atoms with van der Waals surface area (Å²) in [5.41, 5.74) is 3.69. The van der Waals surface area contributed by atoms with Gasteiger partial charge in [0.2, 0.25) is 0 Å². The maximum atomic E-state index is 12.9. The van der Waals surface area contributed by atoms with Gasteiger partial charge in [-0.15, -0.1) is 12.4 Å². The number of rotatable bonds is 6. The highest BCUT2D eigenvalue weighted by molar-refractivity contribution is 6.32. The molecule has 1 amide bonds. The van der Waals surface area contributed by atoms with Crippen molar-refractivity contribution in [1.29, 1.82) is 5.26 Å². The second-order valence-electron chi connectivity index (χ2n) is 7.86. The molecule has 2 aromatic carbocycles. The minimum Gasteiger partial charge on any atom is -0.395 e. The fourth-order valence-electron chi connectivity index (χ4n) is 4.03. The molecule has 1 aliphatic heterocycles. The number of halogens is 2. The van der Waals surface area contributed by atoms with Gasteiger partial charge in [0.05, 0.1) is 46.0 Å². The molecule has 178 valence electrons. The SMILES string of the molecule is Cc1c(C(=O)Nc2ccc(N3CCN(CCO)CC3)c(C#N)c2)cnn1-c1ccccc1Cl.Cl. The lowest BCUT2D eigenvalue weighted by molar-refractivity contribution is 0.102. The van der Waals surface area contributed by atoms with E-state index >= 15 is 0 Å².